The first kappa shape index (κ1) is 14.0. The van der Waals surface area contributed by atoms with E-state index >= 15 is 0 Å². The van der Waals surface area contributed by atoms with Gasteiger partial charge in [-0.2, -0.15) is 0 Å². The van der Waals surface area contributed by atoms with Gasteiger partial charge in [-0.25, -0.2) is 0 Å². The zero-order valence-corrected chi connectivity index (χ0v) is 12.1. The minimum atomic E-state index is -0.0786. The summed E-state index contributed by atoms with van der Waals surface area (Å²) >= 11 is 0. The van der Waals surface area contributed by atoms with E-state index in [2.05, 4.69) is 10.3 Å². The van der Waals surface area contributed by atoms with E-state index in [-0.39, 0.29) is 23.7 Å². The van der Waals surface area contributed by atoms with Crippen molar-refractivity contribution in [3.63, 3.8) is 0 Å². The van der Waals surface area contributed by atoms with Crippen LogP contribution in [0, 0.1) is 11.8 Å². The van der Waals surface area contributed by atoms with E-state index in [1.807, 2.05) is 23.1 Å². The van der Waals surface area contributed by atoms with Crippen molar-refractivity contribution >= 4 is 11.8 Å². The zero-order chi connectivity index (χ0) is 14.7. The van der Waals surface area contributed by atoms with Gasteiger partial charge in [-0.15, -0.1) is 0 Å². The lowest BCUT2D eigenvalue weighted by Crippen LogP contribution is -2.45. The molecule has 1 aromatic rings. The molecule has 2 heterocycles. The molecule has 1 aromatic heterocycles. The van der Waals surface area contributed by atoms with Crippen molar-refractivity contribution in [2.45, 2.75) is 32.2 Å². The Balaban J connectivity index is 1.50. The molecule has 3 rings (SSSR count). The van der Waals surface area contributed by atoms with E-state index in [0.29, 0.717) is 13.1 Å². The smallest absolute Gasteiger partial charge is 0.225 e. The molecule has 0 spiro atoms. The third-order valence-electron chi connectivity index (χ3n) is 4.20. The maximum absolute atomic E-state index is 12.2. The van der Waals surface area contributed by atoms with Gasteiger partial charge in [0.15, 0.2) is 0 Å². The summed E-state index contributed by atoms with van der Waals surface area (Å²) in [5.41, 5.74) is 0.854. The third-order valence-corrected chi connectivity index (χ3v) is 4.20. The highest BCUT2D eigenvalue weighted by atomic mass is 16.2. The number of hydrogen-bond donors (Lipinski definition) is 1. The van der Waals surface area contributed by atoms with Crippen molar-refractivity contribution in [2.75, 3.05) is 13.1 Å². The van der Waals surface area contributed by atoms with Gasteiger partial charge in [-0.3, -0.25) is 14.6 Å². The monoisotopic (exact) mass is 287 g/mol. The molecule has 2 fully saturated rings. The van der Waals surface area contributed by atoms with Crippen LogP contribution in [0.1, 0.15) is 31.4 Å². The summed E-state index contributed by atoms with van der Waals surface area (Å²) in [6.45, 7) is 1.83. The molecular formula is C16H21N3O2. The lowest BCUT2D eigenvalue weighted by atomic mass is 9.96. The van der Waals surface area contributed by atoms with Gasteiger partial charge in [0.25, 0.3) is 0 Å². The van der Waals surface area contributed by atoms with Crippen LogP contribution in [0.25, 0.3) is 0 Å². The van der Waals surface area contributed by atoms with Crippen molar-refractivity contribution in [3.05, 3.63) is 30.1 Å². The lowest BCUT2D eigenvalue weighted by molar-refractivity contribution is -0.136. The fourth-order valence-corrected chi connectivity index (χ4v) is 2.80. The van der Waals surface area contributed by atoms with E-state index < -0.39 is 0 Å². The third kappa shape index (κ3) is 3.60. The topological polar surface area (TPSA) is 62.3 Å². The summed E-state index contributed by atoms with van der Waals surface area (Å²) in [6, 6.07) is 5.66. The number of piperidine rings is 1. The fourth-order valence-electron chi connectivity index (χ4n) is 2.80. The van der Waals surface area contributed by atoms with Crippen LogP contribution in [0.15, 0.2) is 24.4 Å². The molecule has 1 saturated heterocycles. The van der Waals surface area contributed by atoms with Crippen LogP contribution < -0.4 is 5.32 Å². The van der Waals surface area contributed by atoms with E-state index in [4.69, 9.17) is 0 Å². The van der Waals surface area contributed by atoms with Gasteiger partial charge in [0.1, 0.15) is 0 Å². The highest BCUT2D eigenvalue weighted by Crippen LogP contribution is 2.32. The van der Waals surface area contributed by atoms with Gasteiger partial charge >= 0.3 is 0 Å². The van der Waals surface area contributed by atoms with Crippen LogP contribution in [0.4, 0.5) is 0 Å². The average molecular weight is 287 g/mol. The molecular weight excluding hydrogens is 266 g/mol. The first-order chi connectivity index (χ1) is 10.2. The highest BCUT2D eigenvalue weighted by molar-refractivity contribution is 5.83. The van der Waals surface area contributed by atoms with Crippen molar-refractivity contribution in [1.82, 2.24) is 15.2 Å². The predicted molar refractivity (Wildman–Crippen MR) is 78.1 cm³/mol. The van der Waals surface area contributed by atoms with Crippen molar-refractivity contribution in [2.24, 2.45) is 11.8 Å². The molecule has 2 amide bonds. The normalized spacial score (nSPS) is 21.9. The number of likely N-dealkylation sites (tertiary alicyclic amines) is 1. The second kappa shape index (κ2) is 6.24. The maximum atomic E-state index is 12.2. The molecule has 0 radical (unpaired) electrons. The van der Waals surface area contributed by atoms with Crippen LogP contribution >= 0.6 is 0 Å². The Labute approximate surface area is 124 Å². The standard InChI is InChI=1S/C16H21N3O2/c20-15(18-10-14-5-1-2-8-17-14)13-4-3-9-19(11-13)16(21)12-6-7-12/h1-2,5,8,12-13H,3-4,6-7,9-11H2,(H,18,20)/t13-/m1/s1. The van der Waals surface area contributed by atoms with Crippen molar-refractivity contribution in [3.8, 4) is 0 Å². The van der Waals surface area contributed by atoms with Gasteiger partial charge in [-0.05, 0) is 37.8 Å². The maximum Gasteiger partial charge on any atom is 0.225 e. The molecule has 1 aliphatic heterocycles. The second-order valence-electron chi connectivity index (χ2n) is 5.94. The fraction of sp³-hybridized carbons (Fsp3) is 0.562. The molecule has 0 bridgehead atoms. The SMILES string of the molecule is O=C(NCc1ccccn1)[C@@H]1CCCN(C(=O)C2CC2)C1. The Kier molecular flexibility index (Phi) is 4.18. The number of rotatable bonds is 4. The summed E-state index contributed by atoms with van der Waals surface area (Å²) in [6.07, 6.45) is 5.54. The number of amides is 2. The van der Waals surface area contributed by atoms with Crippen LogP contribution in [0.2, 0.25) is 0 Å². The Morgan fingerprint density at radius 3 is 2.81 bits per heavy atom. The minimum Gasteiger partial charge on any atom is -0.350 e. The summed E-state index contributed by atoms with van der Waals surface area (Å²) in [5.74, 6) is 0.441. The highest BCUT2D eigenvalue weighted by Gasteiger charge is 2.36. The van der Waals surface area contributed by atoms with Gasteiger partial charge in [-0.1, -0.05) is 6.07 Å². The van der Waals surface area contributed by atoms with Crippen LogP contribution in [0.5, 0.6) is 0 Å². The number of carbonyl (C=O) groups excluding carboxylic acids is 2. The lowest BCUT2D eigenvalue weighted by Gasteiger charge is -2.32. The Bertz CT molecular complexity index is 514. The van der Waals surface area contributed by atoms with E-state index in [1.165, 1.54) is 0 Å². The zero-order valence-electron chi connectivity index (χ0n) is 12.1. The predicted octanol–water partition coefficient (Wildman–Crippen LogP) is 1.35. The summed E-state index contributed by atoms with van der Waals surface area (Å²) in [7, 11) is 0. The number of aromatic nitrogens is 1. The van der Waals surface area contributed by atoms with Gasteiger partial charge < -0.3 is 10.2 Å². The van der Waals surface area contributed by atoms with Gasteiger partial charge in [0.05, 0.1) is 18.2 Å². The minimum absolute atomic E-state index is 0.0361. The van der Waals surface area contributed by atoms with E-state index in [0.717, 1.165) is 37.9 Å². The van der Waals surface area contributed by atoms with E-state index in [9.17, 15) is 9.59 Å². The quantitative estimate of drug-likeness (QED) is 0.909. The van der Waals surface area contributed by atoms with E-state index in [1.54, 1.807) is 6.20 Å². The summed E-state index contributed by atoms with van der Waals surface area (Å²) in [4.78, 5) is 30.4. The molecule has 5 heteroatoms. The Hall–Kier alpha value is -1.91. The Morgan fingerprint density at radius 2 is 2.10 bits per heavy atom. The molecule has 1 aliphatic carbocycles. The number of carbonyl (C=O) groups is 2. The molecule has 21 heavy (non-hydrogen) atoms. The first-order valence-corrected chi connectivity index (χ1v) is 7.70. The van der Waals surface area contributed by atoms with Crippen LogP contribution in [0.3, 0.4) is 0 Å². The molecule has 5 nitrogen and oxygen atoms in total. The van der Waals surface area contributed by atoms with Crippen LogP contribution in [-0.4, -0.2) is 34.8 Å². The Morgan fingerprint density at radius 1 is 1.24 bits per heavy atom. The number of nitrogens with one attached hydrogen (secondary N) is 1. The number of nitrogens with zero attached hydrogens (tertiary/aromatic N) is 2. The summed E-state index contributed by atoms with van der Waals surface area (Å²) < 4.78 is 0. The first-order valence-electron chi connectivity index (χ1n) is 7.70. The molecule has 0 unspecified atom stereocenters. The number of pyridine rings is 1. The summed E-state index contributed by atoms with van der Waals surface area (Å²) in [5, 5.41) is 2.93. The van der Waals surface area contributed by atoms with Gasteiger partial charge in [0, 0.05) is 25.2 Å². The van der Waals surface area contributed by atoms with Crippen molar-refractivity contribution < 1.29 is 9.59 Å². The molecule has 2 aliphatic rings. The number of hydrogen-bond acceptors (Lipinski definition) is 3. The molecule has 1 atom stereocenters. The molecule has 0 aromatic carbocycles. The van der Waals surface area contributed by atoms with Crippen LogP contribution in [-0.2, 0) is 16.1 Å². The van der Waals surface area contributed by atoms with Gasteiger partial charge in [0.2, 0.25) is 11.8 Å². The molecule has 1 saturated carbocycles. The second-order valence-corrected chi connectivity index (χ2v) is 5.94. The molecule has 1 N–H and O–H groups in total. The largest absolute Gasteiger partial charge is 0.350 e. The molecule has 112 valence electrons. The average Bonchev–Trinajstić information content (AvgIpc) is 3.38. The van der Waals surface area contributed by atoms with Crippen molar-refractivity contribution in [1.29, 1.82) is 0 Å².